The Balaban J connectivity index is 2.10. The van der Waals surface area contributed by atoms with Crippen molar-refractivity contribution in [3.05, 3.63) is 29.8 Å². The van der Waals surface area contributed by atoms with Crippen LogP contribution in [0.1, 0.15) is 56.3 Å². The molecular weight excluding hydrogens is 328 g/mol. The van der Waals surface area contributed by atoms with Gasteiger partial charge in [-0.1, -0.05) is 18.6 Å². The number of rotatable bonds is 4. The lowest BCUT2D eigenvalue weighted by molar-refractivity contribution is 0.0773. The lowest BCUT2D eigenvalue weighted by atomic mass is 9.87. The van der Waals surface area contributed by atoms with E-state index in [1.807, 2.05) is 43.0 Å². The van der Waals surface area contributed by atoms with E-state index in [0.717, 1.165) is 31.4 Å². The van der Waals surface area contributed by atoms with Crippen molar-refractivity contribution in [2.45, 2.75) is 51.6 Å². The largest absolute Gasteiger partial charge is 0.369 e. The van der Waals surface area contributed by atoms with E-state index in [1.54, 1.807) is 4.90 Å². The molecule has 1 aromatic rings. The molecule has 7 nitrogen and oxygen atoms in total. The number of hydrogen-bond donors (Lipinski definition) is 2. The molecule has 26 heavy (non-hydrogen) atoms. The molecule has 0 unspecified atom stereocenters. The Morgan fingerprint density at radius 3 is 2.46 bits per heavy atom. The molecule has 0 radical (unpaired) electrons. The van der Waals surface area contributed by atoms with Crippen LogP contribution in [0, 0.1) is 0 Å². The third kappa shape index (κ3) is 3.13. The Morgan fingerprint density at radius 1 is 1.15 bits per heavy atom. The number of guanidine groups is 2. The maximum atomic E-state index is 13.1. The van der Waals surface area contributed by atoms with Crippen molar-refractivity contribution in [1.29, 1.82) is 0 Å². The van der Waals surface area contributed by atoms with Crippen LogP contribution in [0.4, 0.5) is 5.69 Å². The normalized spacial score (nSPS) is 19.1. The van der Waals surface area contributed by atoms with E-state index >= 15 is 0 Å². The van der Waals surface area contributed by atoms with Crippen LogP contribution >= 0.6 is 0 Å². The SMILES string of the molecule is CCN(CC)C(=O)c1ccccc1N1C(N)=NC(N)=NC12CCCCC2. The quantitative estimate of drug-likeness (QED) is 0.864. The maximum absolute atomic E-state index is 13.1. The topological polar surface area (TPSA) is 100 Å². The average Bonchev–Trinajstić information content (AvgIpc) is 2.63. The van der Waals surface area contributed by atoms with E-state index in [1.165, 1.54) is 6.42 Å². The van der Waals surface area contributed by atoms with E-state index in [2.05, 4.69) is 4.99 Å². The lowest BCUT2D eigenvalue weighted by Crippen LogP contribution is -2.58. The number of anilines is 1. The molecule has 1 fully saturated rings. The summed E-state index contributed by atoms with van der Waals surface area (Å²) in [4.78, 5) is 25.7. The average molecular weight is 356 g/mol. The molecule has 0 aromatic heterocycles. The van der Waals surface area contributed by atoms with Crippen LogP contribution in [-0.4, -0.2) is 41.5 Å². The first-order chi connectivity index (χ1) is 12.5. The van der Waals surface area contributed by atoms with Gasteiger partial charge in [-0.15, -0.1) is 0 Å². The first-order valence-electron chi connectivity index (χ1n) is 9.40. The van der Waals surface area contributed by atoms with Gasteiger partial charge in [-0.25, -0.2) is 4.99 Å². The molecule has 1 spiro atoms. The second-order valence-corrected chi connectivity index (χ2v) is 6.81. The van der Waals surface area contributed by atoms with Crippen molar-refractivity contribution in [2.75, 3.05) is 18.0 Å². The summed E-state index contributed by atoms with van der Waals surface area (Å²) in [7, 11) is 0. The Bertz CT molecular complexity index is 731. The van der Waals surface area contributed by atoms with Crippen molar-refractivity contribution in [3.63, 3.8) is 0 Å². The summed E-state index contributed by atoms with van der Waals surface area (Å²) in [6, 6.07) is 7.57. The minimum absolute atomic E-state index is 0.00751. The summed E-state index contributed by atoms with van der Waals surface area (Å²) in [5.74, 6) is 0.513. The highest BCUT2D eigenvalue weighted by Gasteiger charge is 2.43. The number of aliphatic imine (C=N–C) groups is 2. The number of carbonyl (C=O) groups is 1. The maximum Gasteiger partial charge on any atom is 0.255 e. The zero-order chi connectivity index (χ0) is 18.7. The Hall–Kier alpha value is -2.57. The van der Waals surface area contributed by atoms with Gasteiger partial charge in [0.05, 0.1) is 11.3 Å². The number of hydrogen-bond acceptors (Lipinski definition) is 6. The summed E-state index contributed by atoms with van der Waals surface area (Å²) >= 11 is 0. The first kappa shape index (κ1) is 18.2. The molecule has 1 heterocycles. The highest BCUT2D eigenvalue weighted by molar-refractivity contribution is 6.10. The van der Waals surface area contributed by atoms with Crippen LogP contribution in [0.25, 0.3) is 0 Å². The summed E-state index contributed by atoms with van der Waals surface area (Å²) < 4.78 is 0. The number of nitrogens with two attached hydrogens (primary N) is 2. The van der Waals surface area contributed by atoms with Crippen molar-refractivity contribution in [3.8, 4) is 0 Å². The van der Waals surface area contributed by atoms with Crippen molar-refractivity contribution >= 4 is 23.5 Å². The lowest BCUT2D eigenvalue weighted by Gasteiger charge is -2.46. The van der Waals surface area contributed by atoms with E-state index < -0.39 is 5.66 Å². The minimum atomic E-state index is -0.548. The second-order valence-electron chi connectivity index (χ2n) is 6.81. The van der Waals surface area contributed by atoms with Gasteiger partial charge in [0.2, 0.25) is 11.9 Å². The third-order valence-electron chi connectivity index (χ3n) is 5.28. The molecule has 0 bridgehead atoms. The van der Waals surface area contributed by atoms with Gasteiger partial charge in [-0.05, 0) is 51.7 Å². The third-order valence-corrected chi connectivity index (χ3v) is 5.28. The van der Waals surface area contributed by atoms with E-state index in [0.29, 0.717) is 24.6 Å². The number of nitrogens with zero attached hydrogens (tertiary/aromatic N) is 4. The summed E-state index contributed by atoms with van der Waals surface area (Å²) in [5, 5.41) is 0. The van der Waals surface area contributed by atoms with Gasteiger partial charge in [-0.2, -0.15) is 4.99 Å². The molecule has 0 saturated heterocycles. The molecule has 7 heteroatoms. The smallest absolute Gasteiger partial charge is 0.255 e. The molecule has 2 aliphatic rings. The second kappa shape index (κ2) is 7.35. The van der Waals surface area contributed by atoms with Gasteiger partial charge < -0.3 is 16.4 Å². The summed E-state index contributed by atoms with van der Waals surface area (Å²) in [6.07, 6.45) is 4.96. The van der Waals surface area contributed by atoms with Gasteiger partial charge >= 0.3 is 0 Å². The van der Waals surface area contributed by atoms with Gasteiger partial charge in [0.1, 0.15) is 5.66 Å². The van der Waals surface area contributed by atoms with Crippen LogP contribution in [0.3, 0.4) is 0 Å². The zero-order valence-electron chi connectivity index (χ0n) is 15.6. The summed E-state index contributed by atoms with van der Waals surface area (Å²) in [6.45, 7) is 5.27. The van der Waals surface area contributed by atoms with Crippen LogP contribution in [-0.2, 0) is 0 Å². The highest BCUT2D eigenvalue weighted by atomic mass is 16.2. The number of benzene rings is 1. The molecule has 1 aromatic carbocycles. The Morgan fingerprint density at radius 2 is 1.81 bits per heavy atom. The monoisotopic (exact) mass is 356 g/mol. The van der Waals surface area contributed by atoms with Gasteiger partial charge in [0.15, 0.2) is 0 Å². The fourth-order valence-electron chi connectivity index (χ4n) is 4.00. The predicted molar refractivity (Wildman–Crippen MR) is 105 cm³/mol. The molecule has 1 amide bonds. The molecule has 1 saturated carbocycles. The predicted octanol–water partition coefficient (Wildman–Crippen LogP) is 2.28. The molecule has 1 aliphatic heterocycles. The number of carbonyl (C=O) groups excluding carboxylic acids is 1. The van der Waals surface area contributed by atoms with Crippen molar-refractivity contribution in [2.24, 2.45) is 21.5 Å². The molecule has 1 aliphatic carbocycles. The first-order valence-corrected chi connectivity index (χ1v) is 9.40. The number of para-hydroxylation sites is 1. The van der Waals surface area contributed by atoms with Crippen molar-refractivity contribution in [1.82, 2.24) is 4.90 Å². The van der Waals surface area contributed by atoms with E-state index in [9.17, 15) is 4.79 Å². The van der Waals surface area contributed by atoms with Gasteiger partial charge in [0, 0.05) is 13.1 Å². The van der Waals surface area contributed by atoms with Crippen LogP contribution in [0.2, 0.25) is 0 Å². The molecule has 4 N–H and O–H groups in total. The van der Waals surface area contributed by atoms with Crippen molar-refractivity contribution < 1.29 is 4.79 Å². The van der Waals surface area contributed by atoms with E-state index in [4.69, 9.17) is 16.5 Å². The number of amides is 1. The highest BCUT2D eigenvalue weighted by Crippen LogP contribution is 2.40. The molecule has 140 valence electrons. The molecule has 3 rings (SSSR count). The molecule has 0 atom stereocenters. The van der Waals surface area contributed by atoms with E-state index in [-0.39, 0.29) is 11.9 Å². The summed E-state index contributed by atoms with van der Waals surface area (Å²) in [5.41, 5.74) is 13.1. The molecular formula is C19H28N6O. The zero-order valence-corrected chi connectivity index (χ0v) is 15.6. The standard InChI is InChI=1S/C19H28N6O/c1-3-24(4-2)16(26)14-10-6-7-11-15(14)25-18(21)22-17(20)23-19(25)12-8-5-9-13-19/h6-7,10-11H,3-5,8-9,12-13H2,1-2H3,(H4,20,21,22,23). The van der Waals surface area contributed by atoms with Crippen LogP contribution in [0.15, 0.2) is 34.3 Å². The van der Waals surface area contributed by atoms with Crippen LogP contribution < -0.4 is 16.4 Å². The minimum Gasteiger partial charge on any atom is -0.369 e. The Kier molecular flexibility index (Phi) is 5.15. The van der Waals surface area contributed by atoms with Gasteiger partial charge in [-0.3, -0.25) is 9.69 Å². The van der Waals surface area contributed by atoms with Gasteiger partial charge in [0.25, 0.3) is 5.91 Å². The Labute approximate surface area is 154 Å². The fraction of sp³-hybridized carbons (Fsp3) is 0.526. The van der Waals surface area contributed by atoms with Crippen LogP contribution in [0.5, 0.6) is 0 Å². The fourth-order valence-corrected chi connectivity index (χ4v) is 4.00.